The molecule has 1 heterocycles. The van der Waals surface area contributed by atoms with Crippen molar-refractivity contribution in [2.24, 2.45) is 5.73 Å². The van der Waals surface area contributed by atoms with Crippen LogP contribution in [0.5, 0.6) is 5.75 Å². The normalized spacial score (nSPS) is 11.6. The molecule has 0 bridgehead atoms. The van der Waals surface area contributed by atoms with Crippen molar-refractivity contribution in [2.45, 2.75) is 24.9 Å². The number of ether oxygens (including phenoxy) is 1. The van der Waals surface area contributed by atoms with Crippen LogP contribution in [-0.4, -0.2) is 15.5 Å². The first-order valence-corrected chi connectivity index (χ1v) is 8.79. The Balaban J connectivity index is 2.21. The molecule has 0 atom stereocenters. The van der Waals surface area contributed by atoms with Gasteiger partial charge in [0.2, 0.25) is 10.0 Å². The lowest BCUT2D eigenvalue weighted by atomic mass is 10.2. The molecule has 5 nitrogen and oxygen atoms in total. The van der Waals surface area contributed by atoms with Gasteiger partial charge in [0.15, 0.2) is 0 Å². The molecule has 21 heavy (non-hydrogen) atoms. The molecule has 0 saturated carbocycles. The van der Waals surface area contributed by atoms with Gasteiger partial charge in [-0.15, -0.1) is 0 Å². The van der Waals surface area contributed by atoms with Crippen LogP contribution >= 0.6 is 11.3 Å². The van der Waals surface area contributed by atoms with E-state index < -0.39 is 10.0 Å². The Morgan fingerprint density at radius 2 is 2.05 bits per heavy atom. The number of methoxy groups -OCH3 is 1. The van der Waals surface area contributed by atoms with Gasteiger partial charge in [0, 0.05) is 18.7 Å². The number of thiophene rings is 1. The maximum Gasteiger partial charge on any atom is 0.240 e. The third-order valence-corrected chi connectivity index (χ3v) is 5.51. The van der Waals surface area contributed by atoms with Crippen LogP contribution in [0.25, 0.3) is 0 Å². The Morgan fingerprint density at radius 1 is 1.29 bits per heavy atom. The molecule has 0 radical (unpaired) electrons. The van der Waals surface area contributed by atoms with E-state index in [4.69, 9.17) is 10.5 Å². The van der Waals surface area contributed by atoms with E-state index in [0.29, 0.717) is 11.3 Å². The number of rotatable bonds is 6. The summed E-state index contributed by atoms with van der Waals surface area (Å²) in [6.45, 7) is 2.46. The zero-order valence-electron chi connectivity index (χ0n) is 11.9. The van der Waals surface area contributed by atoms with Gasteiger partial charge in [-0.1, -0.05) is 0 Å². The molecule has 7 heteroatoms. The smallest absolute Gasteiger partial charge is 0.240 e. The number of hydrogen-bond acceptors (Lipinski definition) is 5. The molecule has 2 aromatic rings. The monoisotopic (exact) mass is 326 g/mol. The molecule has 0 aliphatic carbocycles. The van der Waals surface area contributed by atoms with Crippen molar-refractivity contribution in [3.63, 3.8) is 0 Å². The Kier molecular flexibility index (Phi) is 5.00. The molecule has 0 spiro atoms. The van der Waals surface area contributed by atoms with Crippen molar-refractivity contribution < 1.29 is 13.2 Å². The zero-order valence-corrected chi connectivity index (χ0v) is 13.6. The molecule has 0 unspecified atom stereocenters. The maximum atomic E-state index is 12.3. The summed E-state index contributed by atoms with van der Waals surface area (Å²) in [5, 5.41) is 3.93. The number of hydrogen-bond donors (Lipinski definition) is 2. The van der Waals surface area contributed by atoms with E-state index in [0.717, 1.165) is 11.1 Å². The average molecular weight is 326 g/mol. The summed E-state index contributed by atoms with van der Waals surface area (Å²) >= 11 is 1.56. The lowest BCUT2D eigenvalue weighted by molar-refractivity contribution is 0.409. The molecule has 0 aliphatic heterocycles. The first-order valence-electron chi connectivity index (χ1n) is 6.36. The summed E-state index contributed by atoms with van der Waals surface area (Å²) in [7, 11) is -2.04. The second-order valence-corrected chi connectivity index (χ2v) is 7.09. The second-order valence-electron chi connectivity index (χ2n) is 4.58. The fourth-order valence-electron chi connectivity index (χ4n) is 1.91. The van der Waals surface area contributed by atoms with Gasteiger partial charge in [-0.25, -0.2) is 13.1 Å². The van der Waals surface area contributed by atoms with Gasteiger partial charge in [0.05, 0.1) is 12.0 Å². The largest absolute Gasteiger partial charge is 0.496 e. The highest BCUT2D eigenvalue weighted by Gasteiger charge is 2.16. The highest BCUT2D eigenvalue weighted by atomic mass is 32.2. The molecule has 2 rings (SSSR count). The first kappa shape index (κ1) is 16.0. The summed E-state index contributed by atoms with van der Waals surface area (Å²) in [5.41, 5.74) is 8.34. The van der Waals surface area contributed by atoms with E-state index in [9.17, 15) is 8.42 Å². The van der Waals surface area contributed by atoms with E-state index in [1.165, 1.54) is 13.2 Å². The van der Waals surface area contributed by atoms with E-state index in [1.54, 1.807) is 23.5 Å². The molecule has 114 valence electrons. The van der Waals surface area contributed by atoms with Crippen molar-refractivity contribution in [1.29, 1.82) is 0 Å². The highest BCUT2D eigenvalue weighted by Crippen LogP contribution is 2.22. The predicted molar refractivity (Wildman–Crippen MR) is 84.0 cm³/mol. The second kappa shape index (κ2) is 6.57. The Bertz CT molecular complexity index is 724. The number of nitrogens with one attached hydrogen (secondary N) is 1. The Morgan fingerprint density at radius 3 is 2.62 bits per heavy atom. The van der Waals surface area contributed by atoms with Crippen LogP contribution in [0.2, 0.25) is 0 Å². The van der Waals surface area contributed by atoms with Crippen LogP contribution in [0.1, 0.15) is 16.7 Å². The first-order chi connectivity index (χ1) is 9.97. The number of aryl methyl sites for hydroxylation is 1. The summed E-state index contributed by atoms with van der Waals surface area (Å²) in [5.74, 6) is 0.588. The van der Waals surface area contributed by atoms with E-state index >= 15 is 0 Å². The summed E-state index contributed by atoms with van der Waals surface area (Å²) in [4.78, 5) is 0.191. The molecule has 0 aliphatic rings. The van der Waals surface area contributed by atoms with E-state index in [1.807, 2.05) is 17.7 Å². The molecule has 0 amide bonds. The minimum Gasteiger partial charge on any atom is -0.496 e. The van der Waals surface area contributed by atoms with Gasteiger partial charge in [0.1, 0.15) is 5.75 Å². The van der Waals surface area contributed by atoms with Gasteiger partial charge in [-0.05, 0) is 47.0 Å². The fraction of sp³-hybridized carbons (Fsp3) is 0.286. The van der Waals surface area contributed by atoms with Crippen molar-refractivity contribution in [3.05, 3.63) is 45.6 Å². The molecular weight excluding hydrogens is 308 g/mol. The van der Waals surface area contributed by atoms with Gasteiger partial charge in [-0.3, -0.25) is 0 Å². The van der Waals surface area contributed by atoms with Crippen LogP contribution < -0.4 is 15.2 Å². The zero-order chi connectivity index (χ0) is 15.5. The third-order valence-electron chi connectivity index (χ3n) is 3.20. The lowest BCUT2D eigenvalue weighted by Gasteiger charge is -2.11. The lowest BCUT2D eigenvalue weighted by Crippen LogP contribution is -2.23. The topological polar surface area (TPSA) is 81.4 Å². The van der Waals surface area contributed by atoms with E-state index in [-0.39, 0.29) is 18.0 Å². The summed E-state index contributed by atoms with van der Waals surface area (Å²) < 4.78 is 32.4. The van der Waals surface area contributed by atoms with Gasteiger partial charge >= 0.3 is 0 Å². The Labute approximate surface area is 128 Å². The van der Waals surface area contributed by atoms with Gasteiger partial charge in [-0.2, -0.15) is 11.3 Å². The fourth-order valence-corrected chi connectivity index (χ4v) is 3.82. The predicted octanol–water partition coefficient (Wildman–Crippen LogP) is 2.00. The van der Waals surface area contributed by atoms with Crippen LogP contribution in [0, 0.1) is 6.92 Å². The standard InChI is InChI=1S/C14H18N2O3S2/c1-10-8-20-9-12(10)7-16-21(17,18)13-3-4-14(19-2)11(5-13)6-15/h3-5,8-9,16H,6-7,15H2,1-2H3. The van der Waals surface area contributed by atoms with Crippen LogP contribution in [0.15, 0.2) is 33.9 Å². The Hall–Kier alpha value is -1.41. The number of sulfonamides is 1. The summed E-state index contributed by atoms with van der Waals surface area (Å²) in [6.07, 6.45) is 0. The molecule has 3 N–H and O–H groups in total. The molecule has 1 aromatic carbocycles. The maximum absolute atomic E-state index is 12.3. The summed E-state index contributed by atoms with van der Waals surface area (Å²) in [6, 6.07) is 4.68. The SMILES string of the molecule is COc1ccc(S(=O)(=O)NCc2cscc2C)cc1CN. The van der Waals surface area contributed by atoms with Crippen LogP contribution in [0.4, 0.5) is 0 Å². The van der Waals surface area contributed by atoms with Gasteiger partial charge < -0.3 is 10.5 Å². The molecular formula is C14H18N2O3S2. The van der Waals surface area contributed by atoms with Crippen LogP contribution in [0.3, 0.4) is 0 Å². The minimum atomic E-state index is -3.57. The molecule has 0 saturated heterocycles. The van der Waals surface area contributed by atoms with Crippen molar-refractivity contribution in [2.75, 3.05) is 7.11 Å². The van der Waals surface area contributed by atoms with Crippen molar-refractivity contribution >= 4 is 21.4 Å². The van der Waals surface area contributed by atoms with Crippen LogP contribution in [-0.2, 0) is 23.1 Å². The van der Waals surface area contributed by atoms with Crippen molar-refractivity contribution in [3.8, 4) is 5.75 Å². The van der Waals surface area contributed by atoms with Crippen molar-refractivity contribution in [1.82, 2.24) is 4.72 Å². The highest BCUT2D eigenvalue weighted by molar-refractivity contribution is 7.89. The third kappa shape index (κ3) is 3.62. The molecule has 1 aromatic heterocycles. The van der Waals surface area contributed by atoms with E-state index in [2.05, 4.69) is 4.72 Å². The molecule has 0 fully saturated rings. The quantitative estimate of drug-likeness (QED) is 0.851. The number of benzene rings is 1. The minimum absolute atomic E-state index is 0.191. The van der Waals surface area contributed by atoms with Gasteiger partial charge in [0.25, 0.3) is 0 Å². The average Bonchev–Trinajstić information content (AvgIpc) is 2.89. The number of nitrogens with two attached hydrogens (primary N) is 1.